The van der Waals surface area contributed by atoms with Crippen molar-refractivity contribution in [2.24, 2.45) is 11.8 Å². The van der Waals surface area contributed by atoms with Crippen LogP contribution in [0, 0.1) is 11.8 Å². The van der Waals surface area contributed by atoms with E-state index in [1.807, 2.05) is 0 Å². The summed E-state index contributed by atoms with van der Waals surface area (Å²) < 4.78 is 52.7. The minimum absolute atomic E-state index is 0.00548. The molecule has 0 heterocycles. The average molecular weight is 963 g/mol. The molecule has 2 saturated carbocycles. The molecular formula is C52H50O18. The fraction of sp³-hybridized carbons (Fsp3) is 0.308. The summed E-state index contributed by atoms with van der Waals surface area (Å²) in [7, 11) is 0. The summed E-state index contributed by atoms with van der Waals surface area (Å²) in [4.78, 5) is 98.0. The second-order valence-electron chi connectivity index (χ2n) is 15.8. The highest BCUT2D eigenvalue weighted by atomic mass is 16.7. The van der Waals surface area contributed by atoms with Crippen LogP contribution in [0.3, 0.4) is 0 Å². The molecule has 0 spiro atoms. The Hall–Kier alpha value is -8.28. The first kappa shape index (κ1) is 51.1. The number of rotatable bonds is 22. The van der Waals surface area contributed by atoms with Crippen LogP contribution in [0.4, 0.5) is 9.59 Å². The van der Waals surface area contributed by atoms with Gasteiger partial charge in [-0.3, -0.25) is 0 Å². The summed E-state index contributed by atoms with van der Waals surface area (Å²) in [5.41, 5.74) is 0.891. The van der Waals surface area contributed by atoms with Gasteiger partial charge in [0.25, 0.3) is 0 Å². The standard InChI is InChI=1S/C52H50O18/c1-3-45(53)61-29-5-7-31-63-51(59)67-39-21-13-33(14-22-39)47(55)65-37-17-9-35(10-18-37)49(57)69-43-27-25-42-41(43)26-28-44(42)70-50(58)36-11-19-38(20-12-36)66-48(56)34-15-23-40(24-16-34)68-52(60)64-32-8-6-30-62-46(54)4-2/h3-4,9-24,41-44H,1-2,5-8,25-32H2/t41?,42?,43-,44+. The predicted octanol–water partition coefficient (Wildman–Crippen LogP) is 8.75. The monoisotopic (exact) mass is 962 g/mol. The Bertz CT molecular complexity index is 2320. The van der Waals surface area contributed by atoms with E-state index in [1.54, 1.807) is 0 Å². The summed E-state index contributed by atoms with van der Waals surface area (Å²) in [5, 5.41) is 0. The minimum Gasteiger partial charge on any atom is -0.463 e. The highest BCUT2D eigenvalue weighted by molar-refractivity contribution is 5.93. The van der Waals surface area contributed by atoms with Crippen molar-refractivity contribution in [1.82, 2.24) is 0 Å². The molecule has 0 radical (unpaired) electrons. The van der Waals surface area contributed by atoms with Crippen LogP contribution in [-0.2, 0) is 38.0 Å². The van der Waals surface area contributed by atoms with Crippen LogP contribution < -0.4 is 18.9 Å². The Morgan fingerprint density at radius 1 is 0.386 bits per heavy atom. The van der Waals surface area contributed by atoms with E-state index in [1.165, 1.54) is 97.1 Å². The molecule has 2 unspecified atom stereocenters. The number of fused-ring (bicyclic) bond motifs is 1. The van der Waals surface area contributed by atoms with Crippen molar-refractivity contribution >= 4 is 48.1 Å². The number of carbonyl (C=O) groups excluding carboxylic acids is 8. The van der Waals surface area contributed by atoms with Crippen molar-refractivity contribution in [3.63, 3.8) is 0 Å². The Labute approximate surface area is 402 Å². The van der Waals surface area contributed by atoms with E-state index >= 15 is 0 Å². The Morgan fingerprint density at radius 3 is 0.986 bits per heavy atom. The van der Waals surface area contributed by atoms with Gasteiger partial charge in [-0.15, -0.1) is 0 Å². The summed E-state index contributed by atoms with van der Waals surface area (Å²) in [6, 6.07) is 23.2. The fourth-order valence-electron chi connectivity index (χ4n) is 7.60. The Morgan fingerprint density at radius 2 is 0.671 bits per heavy atom. The van der Waals surface area contributed by atoms with Crippen molar-refractivity contribution < 1.29 is 85.7 Å². The summed E-state index contributed by atoms with van der Waals surface area (Å²) in [6.45, 7) is 7.07. The van der Waals surface area contributed by atoms with Gasteiger partial charge in [0.05, 0.1) is 48.7 Å². The molecular weight excluding hydrogens is 913 g/mol. The Balaban J connectivity index is 0.876. The van der Waals surface area contributed by atoms with Gasteiger partial charge in [-0.2, -0.15) is 0 Å². The molecule has 70 heavy (non-hydrogen) atoms. The lowest BCUT2D eigenvalue weighted by molar-refractivity contribution is -0.138. The van der Waals surface area contributed by atoms with Crippen LogP contribution in [-0.4, -0.2) is 86.8 Å². The molecule has 4 atom stereocenters. The predicted molar refractivity (Wildman–Crippen MR) is 244 cm³/mol. The highest BCUT2D eigenvalue weighted by Gasteiger charge is 2.48. The third-order valence-corrected chi connectivity index (χ3v) is 11.1. The second kappa shape index (κ2) is 25.7. The molecule has 4 aromatic carbocycles. The lowest BCUT2D eigenvalue weighted by Gasteiger charge is -2.21. The normalized spacial score (nSPS) is 16.5. The van der Waals surface area contributed by atoms with Gasteiger partial charge < -0.3 is 47.4 Å². The summed E-state index contributed by atoms with van der Waals surface area (Å²) in [5.74, 6) is -2.80. The molecule has 6 rings (SSSR count). The van der Waals surface area contributed by atoms with Gasteiger partial charge in [0.15, 0.2) is 0 Å². The van der Waals surface area contributed by atoms with Crippen LogP contribution in [0.1, 0.15) is 92.8 Å². The number of benzene rings is 4. The van der Waals surface area contributed by atoms with Gasteiger partial charge >= 0.3 is 48.1 Å². The van der Waals surface area contributed by atoms with Crippen molar-refractivity contribution in [3.8, 4) is 23.0 Å². The van der Waals surface area contributed by atoms with Gasteiger partial charge in [0.2, 0.25) is 0 Å². The molecule has 2 fully saturated rings. The molecule has 2 aliphatic rings. The number of esters is 6. The van der Waals surface area contributed by atoms with Gasteiger partial charge in [0.1, 0.15) is 35.2 Å². The van der Waals surface area contributed by atoms with Crippen LogP contribution in [0.25, 0.3) is 0 Å². The van der Waals surface area contributed by atoms with Crippen molar-refractivity contribution in [3.05, 3.63) is 145 Å². The minimum atomic E-state index is -0.931. The number of hydrogen-bond acceptors (Lipinski definition) is 18. The topological polar surface area (TPSA) is 229 Å². The van der Waals surface area contributed by atoms with E-state index in [2.05, 4.69) is 13.2 Å². The molecule has 0 aliphatic heterocycles. The number of carbonyl (C=O) groups is 8. The van der Waals surface area contributed by atoms with E-state index in [0.717, 1.165) is 12.2 Å². The van der Waals surface area contributed by atoms with E-state index in [-0.39, 0.29) is 95.7 Å². The third-order valence-electron chi connectivity index (χ3n) is 11.1. The molecule has 0 bridgehead atoms. The molecule has 18 nitrogen and oxygen atoms in total. The zero-order valence-corrected chi connectivity index (χ0v) is 37.9. The first-order chi connectivity index (χ1) is 33.9. The summed E-state index contributed by atoms with van der Waals surface area (Å²) in [6.07, 6.45) is 4.02. The first-order valence-corrected chi connectivity index (χ1v) is 22.4. The maximum absolute atomic E-state index is 13.2. The molecule has 0 aromatic heterocycles. The smallest absolute Gasteiger partial charge is 0.463 e. The largest absolute Gasteiger partial charge is 0.513 e. The quantitative estimate of drug-likeness (QED) is 0.0179. The molecule has 0 amide bonds. The molecule has 2 aliphatic carbocycles. The van der Waals surface area contributed by atoms with E-state index in [4.69, 9.17) is 47.4 Å². The number of ether oxygens (including phenoxy) is 10. The van der Waals surface area contributed by atoms with Crippen molar-refractivity contribution in [2.45, 2.75) is 63.6 Å². The molecule has 0 N–H and O–H groups in total. The van der Waals surface area contributed by atoms with E-state index in [0.29, 0.717) is 51.4 Å². The van der Waals surface area contributed by atoms with Gasteiger partial charge in [-0.25, -0.2) is 38.4 Å². The summed E-state index contributed by atoms with van der Waals surface area (Å²) >= 11 is 0. The van der Waals surface area contributed by atoms with Gasteiger partial charge in [-0.1, -0.05) is 13.2 Å². The lowest BCUT2D eigenvalue weighted by Crippen LogP contribution is -2.26. The van der Waals surface area contributed by atoms with Crippen LogP contribution in [0.2, 0.25) is 0 Å². The van der Waals surface area contributed by atoms with Crippen LogP contribution in [0.15, 0.2) is 122 Å². The zero-order chi connectivity index (χ0) is 49.8. The zero-order valence-electron chi connectivity index (χ0n) is 37.9. The molecule has 0 saturated heterocycles. The maximum Gasteiger partial charge on any atom is 0.513 e. The SMILES string of the molecule is C=CC(=O)OCCCCOC(=O)Oc1ccc(C(=O)Oc2ccc(C(=O)O[C@H]3CCC4C3CC[C@H]4OC(=O)c3ccc(OC(=O)c4ccc(OC(=O)OCCCCOC(=O)C=C)cc4)cc3)cc2)cc1. The average Bonchev–Trinajstić information content (AvgIpc) is 3.96. The highest BCUT2D eigenvalue weighted by Crippen LogP contribution is 2.47. The maximum atomic E-state index is 13.2. The van der Waals surface area contributed by atoms with Crippen LogP contribution in [0.5, 0.6) is 23.0 Å². The number of unbranched alkanes of at least 4 members (excludes halogenated alkanes) is 2. The van der Waals surface area contributed by atoms with Gasteiger partial charge in [-0.05, 0) is 148 Å². The van der Waals surface area contributed by atoms with E-state index < -0.39 is 48.1 Å². The lowest BCUT2D eigenvalue weighted by atomic mass is 9.98. The Kier molecular flexibility index (Phi) is 18.8. The first-order valence-electron chi connectivity index (χ1n) is 22.4. The molecule has 4 aromatic rings. The van der Waals surface area contributed by atoms with Crippen molar-refractivity contribution in [1.29, 1.82) is 0 Å². The fourth-order valence-corrected chi connectivity index (χ4v) is 7.60. The molecule has 366 valence electrons. The number of hydrogen-bond donors (Lipinski definition) is 0. The van der Waals surface area contributed by atoms with Gasteiger partial charge in [0, 0.05) is 24.0 Å². The third kappa shape index (κ3) is 15.4. The van der Waals surface area contributed by atoms with Crippen molar-refractivity contribution in [2.75, 3.05) is 26.4 Å². The van der Waals surface area contributed by atoms with E-state index in [9.17, 15) is 38.4 Å². The second-order valence-corrected chi connectivity index (χ2v) is 15.8. The molecule has 18 heteroatoms. The van der Waals surface area contributed by atoms with Crippen LogP contribution >= 0.6 is 0 Å².